The van der Waals surface area contributed by atoms with Crippen molar-refractivity contribution in [2.75, 3.05) is 26.2 Å². The zero-order valence-corrected chi connectivity index (χ0v) is 13.5. The summed E-state index contributed by atoms with van der Waals surface area (Å²) in [5.74, 6) is 0.739. The van der Waals surface area contributed by atoms with Crippen LogP contribution in [0.25, 0.3) is 0 Å². The van der Waals surface area contributed by atoms with E-state index in [1.54, 1.807) is 0 Å². The van der Waals surface area contributed by atoms with Crippen LogP contribution in [0.3, 0.4) is 0 Å². The first-order chi connectivity index (χ1) is 8.66. The lowest BCUT2D eigenvalue weighted by Crippen LogP contribution is -2.45. The lowest BCUT2D eigenvalue weighted by molar-refractivity contribution is 0.154. The molecule has 0 aromatic heterocycles. The molecule has 1 atom stereocenters. The number of rotatable bonds is 4. The van der Waals surface area contributed by atoms with E-state index in [0.29, 0.717) is 6.04 Å². The number of hydrogen-bond donors (Lipinski definition) is 1. The summed E-state index contributed by atoms with van der Waals surface area (Å²) in [7, 11) is 0. The molecule has 1 fully saturated rings. The number of piperazine rings is 1. The van der Waals surface area contributed by atoms with Crippen LogP contribution < -0.4 is 5.32 Å². The SMILES string of the molecule is CC(C)C[C@H](c1cccc(I)c1)N1CCNCC1. The van der Waals surface area contributed by atoms with E-state index in [0.717, 1.165) is 19.0 Å². The summed E-state index contributed by atoms with van der Waals surface area (Å²) >= 11 is 2.41. The van der Waals surface area contributed by atoms with Crippen LogP contribution in [0, 0.1) is 9.49 Å². The van der Waals surface area contributed by atoms with Gasteiger partial charge in [-0.1, -0.05) is 26.0 Å². The van der Waals surface area contributed by atoms with Gasteiger partial charge in [0, 0.05) is 35.8 Å². The van der Waals surface area contributed by atoms with Crippen molar-refractivity contribution in [1.82, 2.24) is 10.2 Å². The van der Waals surface area contributed by atoms with Crippen LogP contribution in [0.15, 0.2) is 24.3 Å². The highest BCUT2D eigenvalue weighted by Gasteiger charge is 2.22. The highest BCUT2D eigenvalue weighted by atomic mass is 127. The molecule has 1 saturated heterocycles. The maximum absolute atomic E-state index is 3.44. The zero-order chi connectivity index (χ0) is 13.0. The lowest BCUT2D eigenvalue weighted by atomic mass is 9.95. The van der Waals surface area contributed by atoms with E-state index in [-0.39, 0.29) is 0 Å². The monoisotopic (exact) mass is 358 g/mol. The van der Waals surface area contributed by atoms with Gasteiger partial charge in [-0.15, -0.1) is 0 Å². The van der Waals surface area contributed by atoms with Crippen LogP contribution in [0.2, 0.25) is 0 Å². The molecule has 18 heavy (non-hydrogen) atoms. The Morgan fingerprint density at radius 1 is 1.28 bits per heavy atom. The Hall–Kier alpha value is -0.130. The minimum atomic E-state index is 0.585. The number of nitrogens with zero attached hydrogens (tertiary/aromatic N) is 1. The minimum Gasteiger partial charge on any atom is -0.314 e. The molecule has 1 heterocycles. The molecule has 100 valence electrons. The molecule has 0 radical (unpaired) electrons. The van der Waals surface area contributed by atoms with Gasteiger partial charge in [-0.25, -0.2) is 0 Å². The van der Waals surface area contributed by atoms with E-state index in [1.165, 1.54) is 28.6 Å². The first kappa shape index (κ1) is 14.3. The van der Waals surface area contributed by atoms with Gasteiger partial charge < -0.3 is 5.32 Å². The third-order valence-electron chi connectivity index (χ3n) is 3.52. The van der Waals surface area contributed by atoms with Crippen molar-refractivity contribution in [1.29, 1.82) is 0 Å². The fourth-order valence-electron chi connectivity index (χ4n) is 2.65. The molecule has 0 unspecified atom stereocenters. The van der Waals surface area contributed by atoms with Crippen molar-refractivity contribution in [3.8, 4) is 0 Å². The van der Waals surface area contributed by atoms with Gasteiger partial charge in [0.25, 0.3) is 0 Å². The van der Waals surface area contributed by atoms with E-state index < -0.39 is 0 Å². The molecule has 0 spiro atoms. The molecule has 1 aromatic carbocycles. The average Bonchev–Trinajstić information content (AvgIpc) is 2.37. The molecule has 2 rings (SSSR count). The van der Waals surface area contributed by atoms with Crippen molar-refractivity contribution >= 4 is 22.6 Å². The molecule has 0 bridgehead atoms. The van der Waals surface area contributed by atoms with Crippen molar-refractivity contribution in [3.05, 3.63) is 33.4 Å². The predicted molar refractivity (Wildman–Crippen MR) is 85.8 cm³/mol. The van der Waals surface area contributed by atoms with Gasteiger partial charge in [0.2, 0.25) is 0 Å². The van der Waals surface area contributed by atoms with Crippen LogP contribution in [-0.4, -0.2) is 31.1 Å². The molecular formula is C15H23IN2. The fourth-order valence-corrected chi connectivity index (χ4v) is 3.22. The van der Waals surface area contributed by atoms with Gasteiger partial charge >= 0.3 is 0 Å². The van der Waals surface area contributed by atoms with Gasteiger partial charge in [-0.2, -0.15) is 0 Å². The Bertz CT molecular complexity index is 373. The van der Waals surface area contributed by atoms with E-state index in [1.807, 2.05) is 0 Å². The van der Waals surface area contributed by atoms with Crippen LogP contribution in [0.1, 0.15) is 31.9 Å². The Morgan fingerprint density at radius 2 is 2.00 bits per heavy atom. The van der Waals surface area contributed by atoms with E-state index in [9.17, 15) is 0 Å². The Kier molecular flexibility index (Phi) is 5.45. The van der Waals surface area contributed by atoms with Gasteiger partial charge in [-0.05, 0) is 52.6 Å². The zero-order valence-electron chi connectivity index (χ0n) is 11.3. The second-order valence-corrected chi connectivity index (χ2v) is 6.73. The van der Waals surface area contributed by atoms with Crippen LogP contribution in [-0.2, 0) is 0 Å². The number of nitrogens with one attached hydrogen (secondary N) is 1. The smallest absolute Gasteiger partial charge is 0.0352 e. The Morgan fingerprint density at radius 3 is 2.61 bits per heavy atom. The molecule has 3 heteroatoms. The average molecular weight is 358 g/mol. The molecule has 0 amide bonds. The van der Waals surface area contributed by atoms with Gasteiger partial charge in [0.1, 0.15) is 0 Å². The number of benzene rings is 1. The minimum absolute atomic E-state index is 0.585. The van der Waals surface area contributed by atoms with Crippen LogP contribution in [0.4, 0.5) is 0 Å². The van der Waals surface area contributed by atoms with Gasteiger partial charge in [0.15, 0.2) is 0 Å². The third kappa shape index (κ3) is 3.93. The maximum Gasteiger partial charge on any atom is 0.0352 e. The molecule has 2 nitrogen and oxygen atoms in total. The summed E-state index contributed by atoms with van der Waals surface area (Å²) < 4.78 is 1.34. The van der Waals surface area contributed by atoms with Gasteiger partial charge in [0.05, 0.1) is 0 Å². The summed E-state index contributed by atoms with van der Waals surface area (Å²) in [6.45, 7) is 9.23. The van der Waals surface area contributed by atoms with Crippen LogP contribution >= 0.6 is 22.6 Å². The van der Waals surface area contributed by atoms with Crippen molar-refractivity contribution < 1.29 is 0 Å². The van der Waals surface area contributed by atoms with Crippen molar-refractivity contribution in [3.63, 3.8) is 0 Å². The third-order valence-corrected chi connectivity index (χ3v) is 4.19. The first-order valence-corrected chi connectivity index (χ1v) is 7.95. The van der Waals surface area contributed by atoms with Gasteiger partial charge in [-0.3, -0.25) is 4.90 Å². The Labute approximate surface area is 124 Å². The van der Waals surface area contributed by atoms with Crippen molar-refractivity contribution in [2.45, 2.75) is 26.3 Å². The van der Waals surface area contributed by atoms with E-state index in [2.05, 4.69) is 70.9 Å². The molecule has 0 saturated carbocycles. The molecule has 1 aliphatic heterocycles. The lowest BCUT2D eigenvalue weighted by Gasteiger charge is -2.36. The highest BCUT2D eigenvalue weighted by molar-refractivity contribution is 14.1. The normalized spacial score (nSPS) is 19.1. The van der Waals surface area contributed by atoms with Crippen molar-refractivity contribution in [2.24, 2.45) is 5.92 Å². The first-order valence-electron chi connectivity index (χ1n) is 6.87. The molecule has 0 aliphatic carbocycles. The molecule has 1 aromatic rings. The topological polar surface area (TPSA) is 15.3 Å². The number of halogens is 1. The summed E-state index contributed by atoms with van der Waals surface area (Å²) in [6.07, 6.45) is 1.25. The molecular weight excluding hydrogens is 335 g/mol. The summed E-state index contributed by atoms with van der Waals surface area (Å²) in [5, 5.41) is 3.44. The second-order valence-electron chi connectivity index (χ2n) is 5.49. The summed E-state index contributed by atoms with van der Waals surface area (Å²) in [4.78, 5) is 2.64. The fraction of sp³-hybridized carbons (Fsp3) is 0.600. The van der Waals surface area contributed by atoms with E-state index in [4.69, 9.17) is 0 Å². The standard InChI is InChI=1S/C15H23IN2/c1-12(2)10-15(18-8-6-17-7-9-18)13-4-3-5-14(16)11-13/h3-5,11-12,15,17H,6-10H2,1-2H3/t15-/m1/s1. The molecule has 1 aliphatic rings. The van der Waals surface area contributed by atoms with E-state index >= 15 is 0 Å². The highest BCUT2D eigenvalue weighted by Crippen LogP contribution is 2.28. The largest absolute Gasteiger partial charge is 0.314 e. The predicted octanol–water partition coefficient (Wildman–Crippen LogP) is 3.28. The molecule has 1 N–H and O–H groups in total. The summed E-state index contributed by atoms with van der Waals surface area (Å²) in [6, 6.07) is 9.58. The quantitative estimate of drug-likeness (QED) is 0.831. The Balaban J connectivity index is 2.18. The van der Waals surface area contributed by atoms with Crippen LogP contribution in [0.5, 0.6) is 0 Å². The summed E-state index contributed by atoms with van der Waals surface area (Å²) in [5.41, 5.74) is 1.48. The second kappa shape index (κ2) is 6.87. The number of hydrogen-bond acceptors (Lipinski definition) is 2. The maximum atomic E-state index is 3.44.